The summed E-state index contributed by atoms with van der Waals surface area (Å²) in [5, 5.41) is 4.23. The van der Waals surface area contributed by atoms with Crippen molar-refractivity contribution in [1.82, 2.24) is 20.3 Å². The van der Waals surface area contributed by atoms with Gasteiger partial charge < -0.3 is 5.32 Å². The third kappa shape index (κ3) is 1.73. The highest BCUT2D eigenvalue weighted by atomic mass is 32.1. The van der Waals surface area contributed by atoms with Crippen LogP contribution in [0.1, 0.15) is 17.8 Å². The molecular weight excluding hydrogens is 196 g/mol. The Bertz CT molecular complexity index is 392. The topological polar surface area (TPSA) is 50.7 Å². The Morgan fingerprint density at radius 2 is 2.21 bits per heavy atom. The lowest BCUT2D eigenvalue weighted by molar-refractivity contribution is 0.674. The Morgan fingerprint density at radius 1 is 1.43 bits per heavy atom. The molecule has 2 heterocycles. The highest BCUT2D eigenvalue weighted by molar-refractivity contribution is 7.18. The molecule has 14 heavy (non-hydrogen) atoms. The lowest BCUT2D eigenvalue weighted by atomic mass is 10.2. The maximum Gasteiger partial charge on any atom is 0.189 e. The molecule has 0 fully saturated rings. The third-order valence-corrected chi connectivity index (χ3v) is 3.18. The van der Waals surface area contributed by atoms with E-state index in [1.165, 1.54) is 0 Å². The molecule has 1 N–H and O–H groups in total. The fraction of sp³-hybridized carbons (Fsp3) is 0.444. The molecule has 5 heteroatoms. The minimum Gasteiger partial charge on any atom is -0.319 e. The van der Waals surface area contributed by atoms with Crippen LogP contribution >= 0.6 is 11.3 Å². The molecule has 0 aliphatic rings. The normalized spacial score (nSPS) is 13.3. The Labute approximate surface area is 86.4 Å². The Morgan fingerprint density at radius 3 is 2.93 bits per heavy atom. The van der Waals surface area contributed by atoms with Gasteiger partial charge in [0.15, 0.2) is 10.5 Å². The summed E-state index contributed by atoms with van der Waals surface area (Å²) in [5.41, 5.74) is 0.760. The van der Waals surface area contributed by atoms with Gasteiger partial charge in [-0.3, -0.25) is 0 Å². The lowest BCUT2D eigenvalue weighted by Crippen LogP contribution is -2.14. The van der Waals surface area contributed by atoms with Crippen LogP contribution in [-0.4, -0.2) is 28.5 Å². The van der Waals surface area contributed by atoms with Gasteiger partial charge in [0, 0.05) is 24.9 Å². The fourth-order valence-corrected chi connectivity index (χ4v) is 2.22. The average Bonchev–Trinajstić information content (AvgIpc) is 2.61. The first kappa shape index (κ1) is 9.48. The molecule has 0 aliphatic carbocycles. The second-order valence-electron chi connectivity index (χ2n) is 3.20. The van der Waals surface area contributed by atoms with Crippen LogP contribution in [0, 0.1) is 0 Å². The molecule has 1 atom stereocenters. The highest BCUT2D eigenvalue weighted by Crippen LogP contribution is 2.23. The van der Waals surface area contributed by atoms with Gasteiger partial charge in [0.25, 0.3) is 0 Å². The monoisotopic (exact) mass is 208 g/mol. The van der Waals surface area contributed by atoms with Crippen LogP contribution in [0.2, 0.25) is 0 Å². The molecule has 0 spiro atoms. The van der Waals surface area contributed by atoms with Gasteiger partial charge in [-0.15, -0.1) is 0 Å². The van der Waals surface area contributed by atoms with Gasteiger partial charge in [-0.2, -0.15) is 0 Å². The van der Waals surface area contributed by atoms with Crippen molar-refractivity contribution >= 4 is 21.8 Å². The number of hydrogen-bond acceptors (Lipinski definition) is 5. The molecule has 2 aromatic heterocycles. The third-order valence-electron chi connectivity index (χ3n) is 2.00. The first-order chi connectivity index (χ1) is 6.81. The van der Waals surface area contributed by atoms with E-state index in [4.69, 9.17) is 0 Å². The molecule has 0 radical (unpaired) electrons. The smallest absolute Gasteiger partial charge is 0.189 e. The summed E-state index contributed by atoms with van der Waals surface area (Å²) in [7, 11) is 1.94. The van der Waals surface area contributed by atoms with Crippen molar-refractivity contribution in [2.24, 2.45) is 0 Å². The van der Waals surface area contributed by atoms with Crippen molar-refractivity contribution in [3.05, 3.63) is 17.4 Å². The molecule has 0 aliphatic heterocycles. The fourth-order valence-electron chi connectivity index (χ4n) is 1.30. The molecule has 2 rings (SSSR count). The summed E-state index contributed by atoms with van der Waals surface area (Å²) < 4.78 is 0. The summed E-state index contributed by atoms with van der Waals surface area (Å²) in [6, 6.07) is 0. The highest BCUT2D eigenvalue weighted by Gasteiger charge is 2.11. The number of likely N-dealkylation sites (N-methyl/N-ethyl adjacent to an activating group) is 1. The summed E-state index contributed by atoms with van der Waals surface area (Å²) in [6.45, 7) is 3.08. The predicted octanol–water partition coefficient (Wildman–Crippen LogP) is 1.41. The molecule has 1 unspecified atom stereocenters. The van der Waals surface area contributed by atoms with Gasteiger partial charge in [0.05, 0.1) is 0 Å². The Kier molecular flexibility index (Phi) is 2.69. The zero-order valence-corrected chi connectivity index (χ0v) is 9.01. The number of nitrogens with zero attached hydrogens (tertiary/aromatic N) is 3. The first-order valence-corrected chi connectivity index (χ1v) is 5.35. The van der Waals surface area contributed by atoms with Crippen LogP contribution in [-0.2, 0) is 0 Å². The van der Waals surface area contributed by atoms with Crippen LogP contribution in [0.5, 0.6) is 0 Å². The van der Waals surface area contributed by atoms with Gasteiger partial charge in [0.2, 0.25) is 0 Å². The van der Waals surface area contributed by atoms with Crippen molar-refractivity contribution in [2.75, 3.05) is 13.6 Å². The van der Waals surface area contributed by atoms with E-state index >= 15 is 0 Å². The van der Waals surface area contributed by atoms with Gasteiger partial charge in [-0.25, -0.2) is 15.0 Å². The van der Waals surface area contributed by atoms with E-state index in [2.05, 4.69) is 27.2 Å². The second kappa shape index (κ2) is 3.98. The second-order valence-corrected chi connectivity index (χ2v) is 4.21. The lowest BCUT2D eigenvalue weighted by Gasteiger charge is -2.04. The van der Waals surface area contributed by atoms with Crippen LogP contribution in [0.3, 0.4) is 0 Å². The zero-order chi connectivity index (χ0) is 9.97. The predicted molar refractivity (Wildman–Crippen MR) is 57.6 cm³/mol. The molecular formula is C9H12N4S. The van der Waals surface area contributed by atoms with Gasteiger partial charge in [-0.1, -0.05) is 18.3 Å². The van der Waals surface area contributed by atoms with Crippen LogP contribution in [0.15, 0.2) is 12.4 Å². The molecule has 0 aromatic carbocycles. The van der Waals surface area contributed by atoms with E-state index < -0.39 is 0 Å². The Hall–Kier alpha value is -1.07. The molecule has 0 bridgehead atoms. The van der Waals surface area contributed by atoms with E-state index in [0.717, 1.165) is 22.0 Å². The SMILES string of the molecule is CNCC(C)c1nc2nccnc2s1. The largest absolute Gasteiger partial charge is 0.319 e. The zero-order valence-electron chi connectivity index (χ0n) is 8.19. The van der Waals surface area contributed by atoms with E-state index in [9.17, 15) is 0 Å². The van der Waals surface area contributed by atoms with Gasteiger partial charge in [0.1, 0.15) is 5.01 Å². The average molecular weight is 208 g/mol. The van der Waals surface area contributed by atoms with Crippen molar-refractivity contribution in [3.8, 4) is 0 Å². The summed E-state index contributed by atoms with van der Waals surface area (Å²) in [6.07, 6.45) is 3.38. The van der Waals surface area contributed by atoms with Crippen LogP contribution < -0.4 is 5.32 Å². The molecule has 2 aromatic rings. The van der Waals surface area contributed by atoms with E-state index in [-0.39, 0.29) is 0 Å². The molecule has 0 saturated carbocycles. The van der Waals surface area contributed by atoms with Crippen molar-refractivity contribution in [3.63, 3.8) is 0 Å². The molecule has 4 nitrogen and oxygen atoms in total. The number of rotatable bonds is 3. The van der Waals surface area contributed by atoms with Crippen molar-refractivity contribution in [2.45, 2.75) is 12.8 Å². The van der Waals surface area contributed by atoms with Gasteiger partial charge >= 0.3 is 0 Å². The number of nitrogens with one attached hydrogen (secondary N) is 1. The molecule has 0 saturated heterocycles. The number of thiazole rings is 1. The Balaban J connectivity index is 2.35. The number of hydrogen-bond donors (Lipinski definition) is 1. The number of fused-ring (bicyclic) bond motifs is 1. The van der Waals surface area contributed by atoms with Crippen LogP contribution in [0.4, 0.5) is 0 Å². The number of aromatic nitrogens is 3. The maximum absolute atomic E-state index is 4.44. The summed E-state index contributed by atoms with van der Waals surface area (Å²) in [5.74, 6) is 0.418. The molecule has 74 valence electrons. The van der Waals surface area contributed by atoms with Crippen molar-refractivity contribution in [1.29, 1.82) is 0 Å². The van der Waals surface area contributed by atoms with E-state index in [1.54, 1.807) is 23.7 Å². The minimum absolute atomic E-state index is 0.418. The van der Waals surface area contributed by atoms with E-state index in [0.29, 0.717) is 5.92 Å². The first-order valence-electron chi connectivity index (χ1n) is 4.53. The summed E-state index contributed by atoms with van der Waals surface area (Å²) >= 11 is 1.62. The van der Waals surface area contributed by atoms with E-state index in [1.807, 2.05) is 7.05 Å². The van der Waals surface area contributed by atoms with Crippen LogP contribution in [0.25, 0.3) is 10.5 Å². The summed E-state index contributed by atoms with van der Waals surface area (Å²) in [4.78, 5) is 13.7. The maximum atomic E-state index is 4.44. The molecule has 0 amide bonds. The minimum atomic E-state index is 0.418. The standard InChI is InChI=1S/C9H12N4S/c1-6(5-10-2)8-13-7-9(14-8)12-4-3-11-7/h3-4,6,10H,5H2,1-2H3. The quantitative estimate of drug-likeness (QED) is 0.828. The van der Waals surface area contributed by atoms with Gasteiger partial charge in [-0.05, 0) is 7.05 Å². The van der Waals surface area contributed by atoms with Crippen molar-refractivity contribution < 1.29 is 0 Å².